The first-order chi connectivity index (χ1) is 13.5. The van der Waals surface area contributed by atoms with Crippen LogP contribution in [0.1, 0.15) is 31.7 Å². The van der Waals surface area contributed by atoms with Crippen molar-refractivity contribution in [2.24, 2.45) is 0 Å². The normalized spacial score (nSPS) is 14.7. The van der Waals surface area contributed by atoms with Crippen molar-refractivity contribution in [3.05, 3.63) is 59.9 Å². The minimum absolute atomic E-state index is 0.0323. The summed E-state index contributed by atoms with van der Waals surface area (Å²) in [5.41, 5.74) is 0.779. The van der Waals surface area contributed by atoms with Crippen molar-refractivity contribution in [2.45, 2.75) is 31.6 Å². The summed E-state index contributed by atoms with van der Waals surface area (Å²) < 4.78 is 18.5. The SMILES string of the molecule is CCN(CC(=O)Nc1cccc(OC)c1)C(=O)C1(c2ccc(F)cc2)CCC1. The van der Waals surface area contributed by atoms with Gasteiger partial charge in [0, 0.05) is 18.3 Å². The quantitative estimate of drug-likeness (QED) is 0.791. The van der Waals surface area contributed by atoms with E-state index < -0.39 is 5.41 Å². The Balaban J connectivity index is 1.72. The number of carbonyl (C=O) groups is 2. The summed E-state index contributed by atoms with van der Waals surface area (Å²) >= 11 is 0. The van der Waals surface area contributed by atoms with Crippen molar-refractivity contribution in [1.82, 2.24) is 4.90 Å². The Labute approximate surface area is 164 Å². The van der Waals surface area contributed by atoms with Crippen molar-refractivity contribution in [3.63, 3.8) is 0 Å². The lowest BCUT2D eigenvalue weighted by atomic mass is 9.63. The smallest absolute Gasteiger partial charge is 0.243 e. The number of amides is 2. The van der Waals surface area contributed by atoms with Gasteiger partial charge in [-0.25, -0.2) is 4.39 Å². The van der Waals surface area contributed by atoms with Gasteiger partial charge in [-0.05, 0) is 49.6 Å². The Morgan fingerprint density at radius 1 is 1.18 bits per heavy atom. The van der Waals surface area contributed by atoms with Crippen molar-refractivity contribution in [3.8, 4) is 5.75 Å². The molecule has 0 unspecified atom stereocenters. The summed E-state index contributed by atoms with van der Waals surface area (Å²) in [4.78, 5) is 27.4. The first-order valence-electron chi connectivity index (χ1n) is 9.48. The van der Waals surface area contributed by atoms with Crippen LogP contribution in [0.3, 0.4) is 0 Å². The van der Waals surface area contributed by atoms with Gasteiger partial charge in [0.25, 0.3) is 0 Å². The maximum Gasteiger partial charge on any atom is 0.243 e. The molecule has 2 aromatic rings. The Morgan fingerprint density at radius 3 is 2.46 bits per heavy atom. The molecule has 2 aromatic carbocycles. The number of halogens is 1. The highest BCUT2D eigenvalue weighted by molar-refractivity contribution is 5.97. The number of nitrogens with zero attached hydrogens (tertiary/aromatic N) is 1. The van der Waals surface area contributed by atoms with Crippen LogP contribution in [0.4, 0.5) is 10.1 Å². The van der Waals surface area contributed by atoms with E-state index in [-0.39, 0.29) is 24.2 Å². The number of hydrogen-bond donors (Lipinski definition) is 1. The van der Waals surface area contributed by atoms with Gasteiger partial charge >= 0.3 is 0 Å². The number of carbonyl (C=O) groups excluding carboxylic acids is 2. The molecule has 148 valence electrons. The van der Waals surface area contributed by atoms with E-state index >= 15 is 0 Å². The van der Waals surface area contributed by atoms with Gasteiger partial charge in [0.2, 0.25) is 11.8 Å². The zero-order valence-corrected chi connectivity index (χ0v) is 16.2. The van der Waals surface area contributed by atoms with E-state index in [0.29, 0.717) is 30.8 Å². The number of anilines is 1. The molecule has 5 nitrogen and oxygen atoms in total. The minimum atomic E-state index is -0.653. The summed E-state index contributed by atoms with van der Waals surface area (Å²) in [5, 5.41) is 2.81. The van der Waals surface area contributed by atoms with Crippen LogP contribution in [-0.4, -0.2) is 36.9 Å². The van der Waals surface area contributed by atoms with Crippen LogP contribution in [0.5, 0.6) is 5.75 Å². The van der Waals surface area contributed by atoms with Crippen LogP contribution in [-0.2, 0) is 15.0 Å². The highest BCUT2D eigenvalue weighted by Gasteiger charge is 2.47. The van der Waals surface area contributed by atoms with Crippen LogP contribution in [0, 0.1) is 5.82 Å². The van der Waals surface area contributed by atoms with Crippen LogP contribution in [0.25, 0.3) is 0 Å². The van der Waals surface area contributed by atoms with Gasteiger partial charge < -0.3 is 15.0 Å². The Bertz CT molecular complexity index is 847. The fraction of sp³-hybridized carbons (Fsp3) is 0.364. The Morgan fingerprint density at radius 2 is 1.89 bits per heavy atom. The fourth-order valence-electron chi connectivity index (χ4n) is 3.63. The number of hydrogen-bond acceptors (Lipinski definition) is 3. The summed E-state index contributed by atoms with van der Waals surface area (Å²) in [6.07, 6.45) is 2.37. The zero-order valence-electron chi connectivity index (χ0n) is 16.2. The summed E-state index contributed by atoms with van der Waals surface area (Å²) in [6.45, 7) is 2.25. The number of ether oxygens (including phenoxy) is 1. The van der Waals surface area contributed by atoms with Crippen LogP contribution in [0.15, 0.2) is 48.5 Å². The maximum atomic E-state index is 13.3. The lowest BCUT2D eigenvalue weighted by Gasteiger charge is -2.43. The second-order valence-electron chi connectivity index (χ2n) is 7.04. The number of rotatable bonds is 7. The third kappa shape index (κ3) is 4.01. The highest BCUT2D eigenvalue weighted by Crippen LogP contribution is 2.45. The summed E-state index contributed by atoms with van der Waals surface area (Å²) in [6, 6.07) is 13.2. The Hall–Kier alpha value is -2.89. The maximum absolute atomic E-state index is 13.3. The molecule has 1 fully saturated rings. The molecule has 0 aliphatic heterocycles. The monoisotopic (exact) mass is 384 g/mol. The average Bonchev–Trinajstić information content (AvgIpc) is 2.66. The largest absolute Gasteiger partial charge is 0.497 e. The predicted octanol–water partition coefficient (Wildman–Crippen LogP) is 3.74. The van der Waals surface area contributed by atoms with Gasteiger partial charge in [-0.15, -0.1) is 0 Å². The van der Waals surface area contributed by atoms with Crippen molar-refractivity contribution >= 4 is 17.5 Å². The van der Waals surface area contributed by atoms with Gasteiger partial charge in [0.05, 0.1) is 19.1 Å². The van der Waals surface area contributed by atoms with E-state index in [0.717, 1.165) is 12.0 Å². The van der Waals surface area contributed by atoms with Crippen molar-refractivity contribution in [1.29, 1.82) is 0 Å². The molecule has 0 radical (unpaired) electrons. The first kappa shape index (κ1) is 19.9. The molecule has 2 amide bonds. The molecule has 1 saturated carbocycles. The highest BCUT2D eigenvalue weighted by atomic mass is 19.1. The van der Waals surface area contributed by atoms with Crippen LogP contribution in [0.2, 0.25) is 0 Å². The molecule has 0 bridgehead atoms. The number of nitrogens with one attached hydrogen (secondary N) is 1. The van der Waals surface area contributed by atoms with Crippen molar-refractivity contribution in [2.75, 3.05) is 25.5 Å². The summed E-state index contributed by atoms with van der Waals surface area (Å²) in [5.74, 6) is -0.0210. The third-order valence-electron chi connectivity index (χ3n) is 5.37. The summed E-state index contributed by atoms with van der Waals surface area (Å²) in [7, 11) is 1.56. The Kier molecular flexibility index (Phi) is 5.97. The van der Waals surface area contributed by atoms with Crippen LogP contribution < -0.4 is 10.1 Å². The molecule has 3 rings (SSSR count). The molecule has 0 aromatic heterocycles. The van der Waals surface area contributed by atoms with E-state index in [1.807, 2.05) is 6.92 Å². The van der Waals surface area contributed by atoms with E-state index in [4.69, 9.17) is 4.74 Å². The lowest BCUT2D eigenvalue weighted by molar-refractivity contribution is -0.143. The van der Waals surface area contributed by atoms with Gasteiger partial charge in [-0.2, -0.15) is 0 Å². The lowest BCUT2D eigenvalue weighted by Crippen LogP contribution is -2.52. The van der Waals surface area contributed by atoms with Gasteiger partial charge in [-0.1, -0.05) is 24.6 Å². The topological polar surface area (TPSA) is 58.6 Å². The first-order valence-corrected chi connectivity index (χ1v) is 9.48. The molecule has 0 atom stereocenters. The number of methoxy groups -OCH3 is 1. The second-order valence-corrected chi connectivity index (χ2v) is 7.04. The number of likely N-dealkylation sites (N-methyl/N-ethyl adjacent to an activating group) is 1. The van der Waals surface area contributed by atoms with E-state index in [2.05, 4.69) is 5.32 Å². The minimum Gasteiger partial charge on any atom is -0.497 e. The molecule has 28 heavy (non-hydrogen) atoms. The molecule has 6 heteroatoms. The average molecular weight is 384 g/mol. The molecular formula is C22H25FN2O3. The zero-order chi connectivity index (χ0) is 20.1. The number of benzene rings is 2. The molecular weight excluding hydrogens is 359 g/mol. The van der Waals surface area contributed by atoms with E-state index in [1.165, 1.54) is 12.1 Å². The fourth-order valence-corrected chi connectivity index (χ4v) is 3.63. The van der Waals surface area contributed by atoms with Gasteiger partial charge in [-0.3, -0.25) is 9.59 Å². The predicted molar refractivity (Wildman–Crippen MR) is 106 cm³/mol. The molecule has 0 saturated heterocycles. The van der Waals surface area contributed by atoms with Gasteiger partial charge in [0.1, 0.15) is 11.6 Å². The molecule has 1 N–H and O–H groups in total. The second kappa shape index (κ2) is 8.42. The molecule has 0 spiro atoms. The van der Waals surface area contributed by atoms with E-state index in [1.54, 1.807) is 48.4 Å². The third-order valence-corrected chi connectivity index (χ3v) is 5.37. The van der Waals surface area contributed by atoms with Crippen LogP contribution >= 0.6 is 0 Å². The molecule has 1 aliphatic carbocycles. The van der Waals surface area contributed by atoms with Gasteiger partial charge in [0.15, 0.2) is 0 Å². The standard InChI is InChI=1S/C22H25FN2O3/c1-3-25(15-20(26)24-18-6-4-7-19(14-18)28-2)21(27)22(12-5-13-22)16-8-10-17(23)11-9-16/h4,6-11,14H,3,5,12-13,15H2,1-2H3,(H,24,26). The molecule has 0 heterocycles. The van der Waals surface area contributed by atoms with E-state index in [9.17, 15) is 14.0 Å². The van der Waals surface area contributed by atoms with Crippen molar-refractivity contribution < 1.29 is 18.7 Å². The molecule has 1 aliphatic rings.